The van der Waals surface area contributed by atoms with E-state index in [9.17, 15) is 18.0 Å². The van der Waals surface area contributed by atoms with E-state index in [0.29, 0.717) is 31.7 Å². The second-order valence-corrected chi connectivity index (χ2v) is 9.93. The Labute approximate surface area is 194 Å². The van der Waals surface area contributed by atoms with Crippen molar-refractivity contribution in [3.8, 4) is 5.75 Å². The van der Waals surface area contributed by atoms with Crippen LogP contribution in [-0.2, 0) is 30.8 Å². The van der Waals surface area contributed by atoms with Crippen LogP contribution in [0.15, 0.2) is 47.4 Å². The molecule has 178 valence electrons. The Balaban J connectivity index is 1.67. The molecular weight excluding hydrogens is 444 g/mol. The van der Waals surface area contributed by atoms with Crippen molar-refractivity contribution in [3.63, 3.8) is 0 Å². The Morgan fingerprint density at radius 3 is 2.55 bits per heavy atom. The maximum absolute atomic E-state index is 13.3. The summed E-state index contributed by atoms with van der Waals surface area (Å²) in [6.45, 7) is 4.37. The molecule has 0 aliphatic carbocycles. The quantitative estimate of drug-likeness (QED) is 0.590. The lowest BCUT2D eigenvalue weighted by Gasteiger charge is -2.31. The summed E-state index contributed by atoms with van der Waals surface area (Å²) in [5, 5.41) is 2.86. The molecule has 1 aliphatic rings. The zero-order valence-corrected chi connectivity index (χ0v) is 20.0. The molecule has 33 heavy (non-hydrogen) atoms. The molecule has 1 heterocycles. The van der Waals surface area contributed by atoms with Crippen LogP contribution in [-0.4, -0.2) is 51.4 Å². The Bertz CT molecular complexity index is 1100. The molecule has 1 N–H and O–H groups in total. The van der Waals surface area contributed by atoms with Crippen molar-refractivity contribution in [1.29, 1.82) is 0 Å². The highest BCUT2D eigenvalue weighted by molar-refractivity contribution is 7.89. The van der Waals surface area contributed by atoms with Gasteiger partial charge in [-0.05, 0) is 62.1 Å². The van der Waals surface area contributed by atoms with E-state index in [2.05, 4.69) is 5.32 Å². The third kappa shape index (κ3) is 6.11. The molecule has 0 saturated carbocycles. The summed E-state index contributed by atoms with van der Waals surface area (Å²) in [4.78, 5) is 24.6. The standard InChI is InChI=1S/C24H30N2O6S/c1-4-32-23(27)15-18-8-10-20(11-9-18)25-24(28)19-6-5-13-26(16-19)33(29,30)22-14-17(2)7-12-21(22)31-3/h7-12,14,19H,4-6,13,15-16H2,1-3H3,(H,25,28). The minimum atomic E-state index is -3.80. The number of rotatable bonds is 8. The van der Waals surface area contributed by atoms with Gasteiger partial charge in [-0.25, -0.2) is 8.42 Å². The van der Waals surface area contributed by atoms with Crippen molar-refractivity contribution in [2.24, 2.45) is 5.92 Å². The molecule has 2 aromatic rings. The lowest BCUT2D eigenvalue weighted by Crippen LogP contribution is -2.43. The molecule has 9 heteroatoms. The van der Waals surface area contributed by atoms with Crippen molar-refractivity contribution in [3.05, 3.63) is 53.6 Å². The first-order valence-electron chi connectivity index (χ1n) is 10.9. The lowest BCUT2D eigenvalue weighted by molar-refractivity contribution is -0.142. The number of nitrogens with one attached hydrogen (secondary N) is 1. The fourth-order valence-electron chi connectivity index (χ4n) is 3.83. The average Bonchev–Trinajstić information content (AvgIpc) is 2.80. The van der Waals surface area contributed by atoms with Gasteiger partial charge in [-0.2, -0.15) is 4.31 Å². The first-order valence-corrected chi connectivity index (χ1v) is 12.4. The number of ether oxygens (including phenoxy) is 2. The molecule has 1 atom stereocenters. The molecule has 1 fully saturated rings. The van der Waals surface area contributed by atoms with E-state index in [1.54, 1.807) is 49.4 Å². The van der Waals surface area contributed by atoms with Gasteiger partial charge in [-0.15, -0.1) is 0 Å². The van der Waals surface area contributed by atoms with Gasteiger partial charge in [0.25, 0.3) is 0 Å². The normalized spacial score (nSPS) is 16.8. The molecule has 8 nitrogen and oxygen atoms in total. The second kappa shape index (κ2) is 10.8. The number of esters is 1. The molecule has 0 spiro atoms. The number of methoxy groups -OCH3 is 1. The van der Waals surface area contributed by atoms with E-state index in [1.807, 2.05) is 6.92 Å². The Morgan fingerprint density at radius 2 is 1.88 bits per heavy atom. The van der Waals surface area contributed by atoms with E-state index >= 15 is 0 Å². The van der Waals surface area contributed by atoms with E-state index in [-0.39, 0.29) is 35.5 Å². The van der Waals surface area contributed by atoms with Crippen LogP contribution in [0.25, 0.3) is 0 Å². The summed E-state index contributed by atoms with van der Waals surface area (Å²) in [7, 11) is -2.37. The SMILES string of the molecule is CCOC(=O)Cc1ccc(NC(=O)C2CCCN(S(=O)(=O)c3cc(C)ccc3OC)C2)cc1. The van der Waals surface area contributed by atoms with E-state index in [0.717, 1.165) is 11.1 Å². The smallest absolute Gasteiger partial charge is 0.310 e. The number of benzene rings is 2. The number of carbonyl (C=O) groups excluding carboxylic acids is 2. The summed E-state index contributed by atoms with van der Waals surface area (Å²) in [5.74, 6) is -0.717. The van der Waals surface area contributed by atoms with Gasteiger partial charge in [-0.3, -0.25) is 9.59 Å². The van der Waals surface area contributed by atoms with Crippen LogP contribution in [0.4, 0.5) is 5.69 Å². The molecule has 0 radical (unpaired) electrons. The highest BCUT2D eigenvalue weighted by Crippen LogP contribution is 2.31. The summed E-state index contributed by atoms with van der Waals surface area (Å²) in [5.41, 5.74) is 2.19. The summed E-state index contributed by atoms with van der Waals surface area (Å²) in [6, 6.07) is 12.0. The van der Waals surface area contributed by atoms with Gasteiger partial charge in [0.15, 0.2) is 0 Å². The summed E-state index contributed by atoms with van der Waals surface area (Å²) >= 11 is 0. The van der Waals surface area contributed by atoms with Gasteiger partial charge in [0, 0.05) is 18.8 Å². The zero-order chi connectivity index (χ0) is 24.0. The number of sulfonamides is 1. The average molecular weight is 475 g/mol. The highest BCUT2D eigenvalue weighted by atomic mass is 32.2. The number of carbonyl (C=O) groups is 2. The molecule has 0 bridgehead atoms. The van der Waals surface area contributed by atoms with Crippen LogP contribution < -0.4 is 10.1 Å². The third-order valence-electron chi connectivity index (χ3n) is 5.57. The maximum Gasteiger partial charge on any atom is 0.310 e. The number of anilines is 1. The highest BCUT2D eigenvalue weighted by Gasteiger charge is 2.35. The Hall–Kier alpha value is -2.91. The van der Waals surface area contributed by atoms with E-state index < -0.39 is 15.9 Å². The molecule has 2 aromatic carbocycles. The fraction of sp³-hybridized carbons (Fsp3) is 0.417. The zero-order valence-electron chi connectivity index (χ0n) is 19.2. The van der Waals surface area contributed by atoms with Gasteiger partial charge >= 0.3 is 5.97 Å². The second-order valence-electron chi connectivity index (χ2n) is 8.02. The van der Waals surface area contributed by atoms with E-state index in [1.165, 1.54) is 11.4 Å². The molecule has 1 amide bonds. The van der Waals surface area contributed by atoms with Gasteiger partial charge in [0.05, 0.1) is 26.1 Å². The summed E-state index contributed by atoms with van der Waals surface area (Å²) < 4.78 is 38.2. The van der Waals surface area contributed by atoms with E-state index in [4.69, 9.17) is 9.47 Å². The van der Waals surface area contributed by atoms with Gasteiger partial charge < -0.3 is 14.8 Å². The van der Waals surface area contributed by atoms with Crippen LogP contribution in [0.5, 0.6) is 5.75 Å². The molecule has 1 unspecified atom stereocenters. The monoisotopic (exact) mass is 474 g/mol. The topological polar surface area (TPSA) is 102 Å². The molecule has 1 saturated heterocycles. The molecular formula is C24H30N2O6S. The number of hydrogen-bond donors (Lipinski definition) is 1. The van der Waals surface area contributed by atoms with Crippen LogP contribution in [0.1, 0.15) is 30.9 Å². The molecule has 3 rings (SSSR count). The first-order chi connectivity index (χ1) is 15.7. The predicted molar refractivity (Wildman–Crippen MR) is 125 cm³/mol. The fourth-order valence-corrected chi connectivity index (χ4v) is 5.59. The Morgan fingerprint density at radius 1 is 1.15 bits per heavy atom. The van der Waals surface area contributed by atoms with Gasteiger partial charge in [0.2, 0.25) is 15.9 Å². The number of amides is 1. The van der Waals surface area contributed by atoms with Gasteiger partial charge in [0.1, 0.15) is 10.6 Å². The van der Waals surface area contributed by atoms with Gasteiger partial charge in [-0.1, -0.05) is 18.2 Å². The number of aryl methyl sites for hydroxylation is 1. The van der Waals surface area contributed by atoms with Crippen LogP contribution in [0.2, 0.25) is 0 Å². The molecule has 1 aliphatic heterocycles. The third-order valence-corrected chi connectivity index (χ3v) is 7.45. The predicted octanol–water partition coefficient (Wildman–Crippen LogP) is 3.15. The largest absolute Gasteiger partial charge is 0.495 e. The van der Waals surface area contributed by atoms with Crippen molar-refractivity contribution < 1.29 is 27.5 Å². The first kappa shape index (κ1) is 24.7. The molecule has 0 aromatic heterocycles. The van der Waals surface area contributed by atoms with Crippen LogP contribution >= 0.6 is 0 Å². The van der Waals surface area contributed by atoms with Crippen LogP contribution in [0, 0.1) is 12.8 Å². The van der Waals surface area contributed by atoms with Crippen molar-refractivity contribution in [2.45, 2.75) is 38.0 Å². The van der Waals surface area contributed by atoms with Crippen molar-refractivity contribution >= 4 is 27.6 Å². The van der Waals surface area contributed by atoms with Crippen molar-refractivity contribution in [2.75, 3.05) is 32.1 Å². The lowest BCUT2D eigenvalue weighted by atomic mass is 9.98. The Kier molecular flexibility index (Phi) is 8.10. The number of nitrogens with zero attached hydrogens (tertiary/aromatic N) is 1. The number of hydrogen-bond acceptors (Lipinski definition) is 6. The minimum absolute atomic E-state index is 0.103. The van der Waals surface area contributed by atoms with Crippen LogP contribution in [0.3, 0.4) is 0 Å². The minimum Gasteiger partial charge on any atom is -0.495 e. The number of piperidine rings is 1. The summed E-state index contributed by atoms with van der Waals surface area (Å²) in [6.07, 6.45) is 1.35. The maximum atomic E-state index is 13.3. The van der Waals surface area contributed by atoms with Crippen molar-refractivity contribution in [1.82, 2.24) is 4.31 Å².